The van der Waals surface area contributed by atoms with Crippen LogP contribution >= 0.6 is 23.1 Å². The number of thioether (sulfide) groups is 1. The Morgan fingerprint density at radius 2 is 2.00 bits per heavy atom. The van der Waals surface area contributed by atoms with E-state index in [9.17, 15) is 9.18 Å². The van der Waals surface area contributed by atoms with E-state index in [0.29, 0.717) is 6.54 Å². The van der Waals surface area contributed by atoms with E-state index < -0.39 is 0 Å². The standard InChI is InChI=1S/C23H23FN4OS2/c1-16-4-9-20-22(17(16)2)26-23(31-20)28(12-3-11-27-13-10-25-15-27)21(29)14-30-19-7-5-18(24)6-8-19/h4-10,13,15H,3,11-12,14H2,1-2H3. The number of hydrogen-bond donors (Lipinski definition) is 0. The van der Waals surface area contributed by atoms with E-state index in [1.807, 2.05) is 10.8 Å². The fourth-order valence-electron chi connectivity index (χ4n) is 3.24. The van der Waals surface area contributed by atoms with Gasteiger partial charge in [-0.15, -0.1) is 11.8 Å². The molecule has 0 unspecified atom stereocenters. The summed E-state index contributed by atoms with van der Waals surface area (Å²) in [5, 5.41) is 0.721. The summed E-state index contributed by atoms with van der Waals surface area (Å²) in [6.07, 6.45) is 6.24. The maximum atomic E-state index is 13.2. The lowest BCUT2D eigenvalue weighted by Crippen LogP contribution is -2.33. The van der Waals surface area contributed by atoms with E-state index in [4.69, 9.17) is 4.98 Å². The molecule has 0 aliphatic heterocycles. The number of rotatable bonds is 8. The Balaban J connectivity index is 1.53. The Morgan fingerprint density at radius 3 is 2.74 bits per heavy atom. The van der Waals surface area contributed by atoms with Crippen LogP contribution in [0.2, 0.25) is 0 Å². The summed E-state index contributed by atoms with van der Waals surface area (Å²) in [6.45, 7) is 5.48. The van der Waals surface area contributed by atoms with Crippen molar-refractivity contribution in [1.82, 2.24) is 14.5 Å². The van der Waals surface area contributed by atoms with Crippen molar-refractivity contribution in [3.63, 3.8) is 0 Å². The zero-order valence-corrected chi connectivity index (χ0v) is 19.0. The molecule has 0 saturated heterocycles. The van der Waals surface area contributed by atoms with Crippen molar-refractivity contribution in [2.45, 2.75) is 31.7 Å². The summed E-state index contributed by atoms with van der Waals surface area (Å²) in [6, 6.07) is 10.4. The van der Waals surface area contributed by atoms with Crippen LogP contribution in [0.5, 0.6) is 0 Å². The summed E-state index contributed by atoms with van der Waals surface area (Å²) in [5.74, 6) is -0.0182. The third-order valence-electron chi connectivity index (χ3n) is 5.14. The average molecular weight is 455 g/mol. The predicted molar refractivity (Wildman–Crippen MR) is 125 cm³/mol. The van der Waals surface area contributed by atoms with Gasteiger partial charge < -0.3 is 4.57 Å². The quantitative estimate of drug-likeness (QED) is 0.332. The second kappa shape index (κ2) is 9.62. The lowest BCUT2D eigenvalue weighted by Gasteiger charge is -2.20. The molecule has 2 heterocycles. The fraction of sp³-hybridized carbons (Fsp3) is 0.261. The highest BCUT2D eigenvalue weighted by Gasteiger charge is 2.20. The van der Waals surface area contributed by atoms with Gasteiger partial charge in [-0.2, -0.15) is 0 Å². The molecule has 1 amide bonds. The highest BCUT2D eigenvalue weighted by atomic mass is 32.2. The highest BCUT2D eigenvalue weighted by molar-refractivity contribution is 8.00. The number of amides is 1. The van der Waals surface area contributed by atoms with Crippen molar-refractivity contribution >= 4 is 44.4 Å². The molecule has 0 bridgehead atoms. The maximum absolute atomic E-state index is 13.2. The number of aryl methyl sites for hydroxylation is 3. The molecule has 5 nitrogen and oxygen atoms in total. The van der Waals surface area contributed by atoms with Gasteiger partial charge in [0.1, 0.15) is 5.82 Å². The predicted octanol–water partition coefficient (Wildman–Crippen LogP) is 5.46. The molecule has 4 rings (SSSR count). The molecule has 160 valence electrons. The first-order valence-electron chi connectivity index (χ1n) is 10.0. The molecule has 2 aromatic carbocycles. The molecule has 0 aliphatic rings. The van der Waals surface area contributed by atoms with Gasteiger partial charge in [0.2, 0.25) is 5.91 Å². The number of fused-ring (bicyclic) bond motifs is 1. The van der Waals surface area contributed by atoms with Gasteiger partial charge in [0, 0.05) is 30.4 Å². The summed E-state index contributed by atoms with van der Waals surface area (Å²) in [7, 11) is 0. The van der Waals surface area contributed by atoms with Crippen LogP contribution in [0.3, 0.4) is 0 Å². The number of thiazole rings is 1. The van der Waals surface area contributed by atoms with Gasteiger partial charge in [-0.05, 0) is 61.7 Å². The Kier molecular flexibility index (Phi) is 6.67. The second-order valence-corrected chi connectivity index (χ2v) is 9.35. The number of nitrogens with zero attached hydrogens (tertiary/aromatic N) is 4. The number of benzene rings is 2. The fourth-order valence-corrected chi connectivity index (χ4v) is 5.08. The zero-order chi connectivity index (χ0) is 21.8. The summed E-state index contributed by atoms with van der Waals surface area (Å²) in [5.41, 5.74) is 3.29. The van der Waals surface area contributed by atoms with E-state index in [-0.39, 0.29) is 17.5 Å². The van der Waals surface area contributed by atoms with Gasteiger partial charge in [0.05, 0.1) is 22.3 Å². The Hall–Kier alpha value is -2.71. The third-order valence-corrected chi connectivity index (χ3v) is 7.18. The minimum absolute atomic E-state index is 0.00612. The van der Waals surface area contributed by atoms with Crippen LogP contribution in [-0.4, -0.2) is 32.7 Å². The molecule has 2 aromatic heterocycles. The van der Waals surface area contributed by atoms with Gasteiger partial charge in [0.25, 0.3) is 0 Å². The number of carbonyl (C=O) groups is 1. The van der Waals surface area contributed by atoms with Crippen LogP contribution < -0.4 is 4.90 Å². The van der Waals surface area contributed by atoms with E-state index in [0.717, 1.165) is 38.8 Å². The van der Waals surface area contributed by atoms with E-state index in [1.165, 1.54) is 29.5 Å². The number of aromatic nitrogens is 3. The molecule has 8 heteroatoms. The number of carbonyl (C=O) groups excluding carboxylic acids is 1. The van der Waals surface area contributed by atoms with Crippen molar-refractivity contribution in [3.05, 3.63) is 72.1 Å². The van der Waals surface area contributed by atoms with E-state index in [1.54, 1.807) is 40.9 Å². The van der Waals surface area contributed by atoms with Crippen LogP contribution in [0.4, 0.5) is 9.52 Å². The molecule has 0 N–H and O–H groups in total. The number of anilines is 1. The molecule has 0 atom stereocenters. The third kappa shape index (κ3) is 5.14. The highest BCUT2D eigenvalue weighted by Crippen LogP contribution is 2.32. The van der Waals surface area contributed by atoms with E-state index >= 15 is 0 Å². The van der Waals surface area contributed by atoms with Crippen molar-refractivity contribution in [2.24, 2.45) is 0 Å². The first kappa shape index (κ1) is 21.5. The van der Waals surface area contributed by atoms with Crippen molar-refractivity contribution in [3.8, 4) is 0 Å². The second-order valence-electron chi connectivity index (χ2n) is 7.29. The van der Waals surface area contributed by atoms with Crippen LogP contribution in [0.1, 0.15) is 17.5 Å². The summed E-state index contributed by atoms with van der Waals surface area (Å²) < 4.78 is 16.2. The molecule has 0 fully saturated rings. The molecule has 0 spiro atoms. The van der Waals surface area contributed by atoms with Crippen LogP contribution in [0.15, 0.2) is 60.0 Å². The van der Waals surface area contributed by atoms with Crippen LogP contribution in [0, 0.1) is 19.7 Å². The van der Waals surface area contributed by atoms with E-state index in [2.05, 4.69) is 31.0 Å². The monoisotopic (exact) mass is 454 g/mol. The minimum atomic E-state index is -0.281. The van der Waals surface area contributed by atoms with Gasteiger partial charge in [-0.1, -0.05) is 17.4 Å². The van der Waals surface area contributed by atoms with Crippen molar-refractivity contribution in [1.29, 1.82) is 0 Å². The SMILES string of the molecule is Cc1ccc2sc(N(CCCn3ccnc3)C(=O)CSc3ccc(F)cc3)nc2c1C. The summed E-state index contributed by atoms with van der Waals surface area (Å²) >= 11 is 2.95. The van der Waals surface area contributed by atoms with Gasteiger partial charge >= 0.3 is 0 Å². The lowest BCUT2D eigenvalue weighted by atomic mass is 10.1. The smallest absolute Gasteiger partial charge is 0.239 e. The topological polar surface area (TPSA) is 51.0 Å². The van der Waals surface area contributed by atoms with Crippen molar-refractivity contribution in [2.75, 3.05) is 17.2 Å². The first-order chi connectivity index (χ1) is 15.0. The molecule has 0 radical (unpaired) electrons. The molecular formula is C23H23FN4OS2. The molecular weight excluding hydrogens is 431 g/mol. The number of hydrogen-bond acceptors (Lipinski definition) is 5. The minimum Gasteiger partial charge on any atom is -0.337 e. The molecule has 31 heavy (non-hydrogen) atoms. The van der Waals surface area contributed by atoms with Crippen molar-refractivity contribution < 1.29 is 9.18 Å². The van der Waals surface area contributed by atoms with Gasteiger partial charge in [-0.3, -0.25) is 9.69 Å². The molecule has 4 aromatic rings. The Bertz CT molecular complexity index is 1170. The number of imidazole rings is 1. The normalized spacial score (nSPS) is 11.2. The Morgan fingerprint density at radius 1 is 1.19 bits per heavy atom. The average Bonchev–Trinajstić information content (AvgIpc) is 3.43. The van der Waals surface area contributed by atoms with Crippen LogP contribution in [-0.2, 0) is 11.3 Å². The molecule has 0 saturated carbocycles. The maximum Gasteiger partial charge on any atom is 0.239 e. The number of halogens is 1. The first-order valence-corrected chi connectivity index (χ1v) is 11.8. The largest absolute Gasteiger partial charge is 0.337 e. The van der Waals surface area contributed by atoms with Gasteiger partial charge in [-0.25, -0.2) is 14.4 Å². The molecule has 0 aliphatic carbocycles. The summed E-state index contributed by atoms with van der Waals surface area (Å²) in [4.78, 5) is 24.7. The van der Waals surface area contributed by atoms with Gasteiger partial charge in [0.15, 0.2) is 5.13 Å². The van der Waals surface area contributed by atoms with Crippen LogP contribution in [0.25, 0.3) is 10.2 Å². The zero-order valence-electron chi connectivity index (χ0n) is 17.4. The Labute approximate surface area is 188 Å². The lowest BCUT2D eigenvalue weighted by molar-refractivity contribution is -0.116.